The molecule has 0 aromatic rings. The van der Waals surface area contributed by atoms with E-state index < -0.39 is 0 Å². The molecule has 0 heterocycles. The minimum atomic E-state index is -0.186. The third kappa shape index (κ3) is 5.47. The van der Waals surface area contributed by atoms with Gasteiger partial charge in [-0.1, -0.05) is 5.16 Å². The topological polar surface area (TPSA) is 21.6 Å². The Kier molecular flexibility index (Phi) is 2.52. The second-order valence-electron chi connectivity index (χ2n) is 2.49. The highest BCUT2D eigenvalue weighted by Crippen LogP contribution is 2.05. The largest absolute Gasteiger partial charge is 0.390 e. The molecule has 0 aromatic heterocycles. The van der Waals surface area contributed by atoms with Gasteiger partial charge in [-0.25, -0.2) is 0 Å². The molecule has 0 unspecified atom stereocenters. The summed E-state index contributed by atoms with van der Waals surface area (Å²) < 4.78 is 0. The molecule has 0 aromatic carbocycles. The number of nitrogens with zero attached hydrogens (tertiary/aromatic N) is 1. The van der Waals surface area contributed by atoms with Crippen LogP contribution in [0, 0.1) is 6.92 Å². The zero-order valence-corrected chi connectivity index (χ0v) is 5.64. The highest BCUT2D eigenvalue weighted by Gasteiger charge is 2.08. The van der Waals surface area contributed by atoms with Crippen molar-refractivity contribution >= 4 is 6.21 Å². The van der Waals surface area contributed by atoms with E-state index in [1.165, 1.54) is 6.21 Å². The van der Waals surface area contributed by atoms with Gasteiger partial charge in [0.2, 0.25) is 0 Å². The van der Waals surface area contributed by atoms with E-state index in [0.717, 1.165) is 0 Å². The van der Waals surface area contributed by atoms with E-state index in [2.05, 4.69) is 12.1 Å². The summed E-state index contributed by atoms with van der Waals surface area (Å²) >= 11 is 0. The molecule has 0 saturated carbocycles. The molecule has 0 spiro atoms. The van der Waals surface area contributed by atoms with Gasteiger partial charge in [0.1, 0.15) is 5.60 Å². The van der Waals surface area contributed by atoms with Gasteiger partial charge in [-0.15, -0.1) is 0 Å². The van der Waals surface area contributed by atoms with Crippen molar-refractivity contribution in [3.63, 3.8) is 0 Å². The Morgan fingerprint density at radius 3 is 2.12 bits per heavy atom. The fourth-order valence-corrected chi connectivity index (χ4v) is 0.195. The van der Waals surface area contributed by atoms with Crippen LogP contribution in [0.25, 0.3) is 0 Å². The van der Waals surface area contributed by atoms with Crippen LogP contribution in [0.1, 0.15) is 20.8 Å². The maximum Gasteiger partial charge on any atom is 0.129 e. The lowest BCUT2D eigenvalue weighted by atomic mass is 10.2. The first-order valence-electron chi connectivity index (χ1n) is 2.55. The Hall–Kier alpha value is -0.530. The van der Waals surface area contributed by atoms with E-state index in [9.17, 15) is 0 Å². The van der Waals surface area contributed by atoms with E-state index in [0.29, 0.717) is 0 Å². The maximum absolute atomic E-state index is 4.89. The second-order valence-corrected chi connectivity index (χ2v) is 2.49. The molecule has 2 heteroatoms. The van der Waals surface area contributed by atoms with Crippen LogP contribution < -0.4 is 0 Å². The summed E-state index contributed by atoms with van der Waals surface area (Å²) in [4.78, 5) is 4.89. The fraction of sp³-hybridized carbons (Fsp3) is 0.667. The lowest BCUT2D eigenvalue weighted by Gasteiger charge is -2.14. The van der Waals surface area contributed by atoms with Gasteiger partial charge in [-0.3, -0.25) is 0 Å². The third-order valence-electron chi connectivity index (χ3n) is 0.401. The van der Waals surface area contributed by atoms with Crippen molar-refractivity contribution in [2.24, 2.45) is 5.16 Å². The van der Waals surface area contributed by atoms with Gasteiger partial charge in [0.25, 0.3) is 0 Å². The molecule has 0 aliphatic rings. The summed E-state index contributed by atoms with van der Waals surface area (Å²) in [7, 11) is 0. The van der Waals surface area contributed by atoms with E-state index in [-0.39, 0.29) is 5.60 Å². The second kappa shape index (κ2) is 2.70. The summed E-state index contributed by atoms with van der Waals surface area (Å²) in [6.07, 6.45) is 1.38. The summed E-state index contributed by atoms with van der Waals surface area (Å²) in [5.74, 6) is 0. The predicted octanol–water partition coefficient (Wildman–Crippen LogP) is 1.62. The van der Waals surface area contributed by atoms with Gasteiger partial charge in [0.05, 0.1) is 0 Å². The van der Waals surface area contributed by atoms with Gasteiger partial charge in [-0.2, -0.15) is 0 Å². The minimum absolute atomic E-state index is 0.186. The van der Waals surface area contributed by atoms with Crippen LogP contribution in [-0.2, 0) is 4.84 Å². The molecule has 0 N–H and O–H groups in total. The molecule has 0 fully saturated rings. The van der Waals surface area contributed by atoms with Gasteiger partial charge in [0.15, 0.2) is 0 Å². The molecular weight excluding hydrogens is 102 g/mol. The number of rotatable bonds is 1. The van der Waals surface area contributed by atoms with Crippen molar-refractivity contribution in [1.29, 1.82) is 0 Å². The quantitative estimate of drug-likeness (QED) is 0.375. The zero-order chi connectivity index (χ0) is 6.62. The summed E-state index contributed by atoms with van der Waals surface area (Å²) in [6.45, 7) is 9.16. The summed E-state index contributed by atoms with van der Waals surface area (Å²) in [5.41, 5.74) is -0.186. The summed E-state index contributed by atoms with van der Waals surface area (Å²) in [6, 6.07) is 0. The van der Waals surface area contributed by atoms with Crippen LogP contribution in [0.15, 0.2) is 5.16 Å². The lowest BCUT2D eigenvalue weighted by Crippen LogP contribution is -2.15. The number of oxime groups is 1. The Morgan fingerprint density at radius 1 is 1.50 bits per heavy atom. The van der Waals surface area contributed by atoms with Crippen molar-refractivity contribution in [3.8, 4) is 0 Å². The van der Waals surface area contributed by atoms with Crippen LogP contribution in [0.2, 0.25) is 0 Å². The van der Waals surface area contributed by atoms with Gasteiger partial charge in [-0.05, 0) is 27.7 Å². The van der Waals surface area contributed by atoms with Crippen LogP contribution in [-0.4, -0.2) is 11.8 Å². The molecular formula is C6H12NO. The SMILES string of the molecule is [CH2]/C=N\OC(C)(C)C. The van der Waals surface area contributed by atoms with Crippen LogP contribution in [0.4, 0.5) is 0 Å². The molecule has 0 aliphatic carbocycles. The molecule has 47 valence electrons. The predicted molar refractivity (Wildman–Crippen MR) is 34.7 cm³/mol. The molecule has 2 nitrogen and oxygen atoms in total. The normalized spacial score (nSPS) is 12.5. The van der Waals surface area contributed by atoms with E-state index in [1.54, 1.807) is 0 Å². The molecule has 0 aliphatic heterocycles. The highest BCUT2D eigenvalue weighted by atomic mass is 16.6. The van der Waals surface area contributed by atoms with E-state index >= 15 is 0 Å². The van der Waals surface area contributed by atoms with Crippen molar-refractivity contribution in [2.45, 2.75) is 26.4 Å². The lowest BCUT2D eigenvalue weighted by molar-refractivity contribution is 0.00202. The number of hydrogen-bond donors (Lipinski definition) is 0. The van der Waals surface area contributed by atoms with Crippen molar-refractivity contribution < 1.29 is 4.84 Å². The van der Waals surface area contributed by atoms with Crippen LogP contribution in [0.5, 0.6) is 0 Å². The van der Waals surface area contributed by atoms with E-state index in [4.69, 9.17) is 4.84 Å². The first-order valence-corrected chi connectivity index (χ1v) is 2.55. The monoisotopic (exact) mass is 114 g/mol. The first kappa shape index (κ1) is 7.47. The average molecular weight is 114 g/mol. The van der Waals surface area contributed by atoms with E-state index in [1.807, 2.05) is 20.8 Å². The molecule has 1 radical (unpaired) electrons. The van der Waals surface area contributed by atoms with Crippen LogP contribution >= 0.6 is 0 Å². The summed E-state index contributed by atoms with van der Waals surface area (Å²) in [5, 5.41) is 3.51. The van der Waals surface area contributed by atoms with Crippen molar-refractivity contribution in [2.75, 3.05) is 0 Å². The maximum atomic E-state index is 4.89. The van der Waals surface area contributed by atoms with Crippen molar-refractivity contribution in [1.82, 2.24) is 0 Å². The number of hydrogen-bond acceptors (Lipinski definition) is 2. The van der Waals surface area contributed by atoms with Crippen LogP contribution in [0.3, 0.4) is 0 Å². The molecule has 8 heavy (non-hydrogen) atoms. The Balaban J connectivity index is 3.39. The first-order chi connectivity index (χ1) is 3.56. The minimum Gasteiger partial charge on any atom is -0.390 e. The van der Waals surface area contributed by atoms with Gasteiger partial charge >= 0.3 is 0 Å². The molecule has 0 amide bonds. The Labute approximate surface area is 50.5 Å². The Bertz CT molecular complexity index is 81.0. The molecule has 0 saturated heterocycles. The molecule has 0 rings (SSSR count). The fourth-order valence-electron chi connectivity index (χ4n) is 0.195. The average Bonchev–Trinajstić information content (AvgIpc) is 1.59. The standard InChI is InChI=1S/C6H12NO/c1-5-7-8-6(2,3)4/h5H,1H2,2-4H3/b7-5-. The van der Waals surface area contributed by atoms with Gasteiger partial charge < -0.3 is 4.84 Å². The third-order valence-corrected chi connectivity index (χ3v) is 0.401. The van der Waals surface area contributed by atoms with Crippen molar-refractivity contribution in [3.05, 3.63) is 6.92 Å². The highest BCUT2D eigenvalue weighted by molar-refractivity contribution is 5.60. The zero-order valence-electron chi connectivity index (χ0n) is 5.64. The Morgan fingerprint density at radius 2 is 2.00 bits per heavy atom. The smallest absolute Gasteiger partial charge is 0.129 e. The van der Waals surface area contributed by atoms with Gasteiger partial charge in [0, 0.05) is 6.21 Å². The molecule has 0 atom stereocenters. The molecule has 0 bridgehead atoms.